The van der Waals surface area contributed by atoms with Crippen LogP contribution in [0.25, 0.3) is 11.4 Å². The minimum atomic E-state index is 0.324. The molecule has 0 unspecified atom stereocenters. The van der Waals surface area contributed by atoms with Gasteiger partial charge in [0.05, 0.1) is 11.9 Å². The largest absolute Gasteiger partial charge is 0.370 e. The van der Waals surface area contributed by atoms with E-state index in [1.165, 1.54) is 0 Å². The fourth-order valence-electron chi connectivity index (χ4n) is 2.27. The minimum Gasteiger partial charge on any atom is -0.370 e. The molecule has 0 atom stereocenters. The van der Waals surface area contributed by atoms with Crippen LogP contribution in [-0.4, -0.2) is 31.5 Å². The molecule has 0 amide bonds. The fraction of sp³-hybridized carbons (Fsp3) is 0.571. The first-order chi connectivity index (χ1) is 9.69. The average Bonchev–Trinajstić information content (AvgIpc) is 2.87. The smallest absolute Gasteiger partial charge is 0.133 e. The molecule has 0 spiro atoms. The second-order valence-corrected chi connectivity index (χ2v) is 5.01. The molecule has 2 rings (SSSR count). The molecule has 0 saturated heterocycles. The topological polar surface area (TPSA) is 68.5 Å². The van der Waals surface area contributed by atoms with Crippen LogP contribution in [0, 0.1) is 0 Å². The summed E-state index contributed by atoms with van der Waals surface area (Å²) in [6.07, 6.45) is 4.39. The maximum Gasteiger partial charge on any atom is 0.133 e. The van der Waals surface area contributed by atoms with Crippen LogP contribution < -0.4 is 5.32 Å². The Bertz CT molecular complexity index is 561. The molecule has 1 N–H and O–H groups in total. The molecule has 6 heteroatoms. The molecule has 20 heavy (non-hydrogen) atoms. The van der Waals surface area contributed by atoms with Crippen molar-refractivity contribution in [2.75, 3.05) is 11.9 Å². The van der Waals surface area contributed by atoms with Crippen molar-refractivity contribution in [3.8, 4) is 11.4 Å². The molecule has 0 fully saturated rings. The maximum atomic E-state index is 4.48. The summed E-state index contributed by atoms with van der Waals surface area (Å²) in [7, 11) is 0. The number of hydrogen-bond donors (Lipinski definition) is 1. The maximum absolute atomic E-state index is 4.48. The van der Waals surface area contributed by atoms with E-state index in [4.69, 9.17) is 0 Å². The monoisotopic (exact) mass is 274 g/mol. The summed E-state index contributed by atoms with van der Waals surface area (Å²) >= 11 is 0. The molecule has 0 aliphatic rings. The van der Waals surface area contributed by atoms with Crippen LogP contribution in [0.2, 0.25) is 0 Å². The van der Waals surface area contributed by atoms with E-state index in [2.05, 4.69) is 53.3 Å². The number of nitrogens with one attached hydrogen (secondary N) is 1. The molecular formula is C14H22N6. The van der Waals surface area contributed by atoms with Crippen molar-refractivity contribution < 1.29 is 0 Å². The third-order valence-corrected chi connectivity index (χ3v) is 3.10. The summed E-state index contributed by atoms with van der Waals surface area (Å²) < 4.78 is 1.91. The van der Waals surface area contributed by atoms with Gasteiger partial charge in [-0.25, -0.2) is 14.6 Å². The summed E-state index contributed by atoms with van der Waals surface area (Å²) in [5, 5.41) is 11.5. The highest BCUT2D eigenvalue weighted by molar-refractivity contribution is 5.66. The SMILES string of the molecule is CCCn1nncc1-c1ncnc(NCC)c1C(C)C. The van der Waals surface area contributed by atoms with Gasteiger partial charge >= 0.3 is 0 Å². The Morgan fingerprint density at radius 3 is 2.70 bits per heavy atom. The summed E-state index contributed by atoms with van der Waals surface area (Å²) in [4.78, 5) is 8.84. The van der Waals surface area contributed by atoms with Gasteiger partial charge in [0.25, 0.3) is 0 Å². The number of anilines is 1. The van der Waals surface area contributed by atoms with Crippen molar-refractivity contribution in [2.45, 2.75) is 46.6 Å². The normalized spacial score (nSPS) is 11.1. The van der Waals surface area contributed by atoms with Gasteiger partial charge in [-0.3, -0.25) is 0 Å². The Morgan fingerprint density at radius 1 is 1.25 bits per heavy atom. The van der Waals surface area contributed by atoms with Crippen molar-refractivity contribution in [3.63, 3.8) is 0 Å². The number of hydrogen-bond acceptors (Lipinski definition) is 5. The van der Waals surface area contributed by atoms with Crippen molar-refractivity contribution in [2.24, 2.45) is 0 Å². The number of nitrogens with zero attached hydrogens (tertiary/aromatic N) is 5. The van der Waals surface area contributed by atoms with Gasteiger partial charge in [-0.15, -0.1) is 5.10 Å². The van der Waals surface area contributed by atoms with E-state index in [1.54, 1.807) is 12.5 Å². The van der Waals surface area contributed by atoms with Gasteiger partial charge in [0.15, 0.2) is 0 Å². The molecule has 2 heterocycles. The summed E-state index contributed by atoms with van der Waals surface area (Å²) in [5.41, 5.74) is 3.00. The van der Waals surface area contributed by atoms with Gasteiger partial charge in [-0.2, -0.15) is 0 Å². The third kappa shape index (κ3) is 2.79. The lowest BCUT2D eigenvalue weighted by atomic mass is 10.00. The van der Waals surface area contributed by atoms with E-state index in [1.807, 2.05) is 4.68 Å². The summed E-state index contributed by atoms with van der Waals surface area (Å²) in [6.45, 7) is 10.2. The first-order valence-corrected chi connectivity index (χ1v) is 7.16. The van der Waals surface area contributed by atoms with Crippen LogP contribution in [0.15, 0.2) is 12.5 Å². The molecule has 2 aromatic rings. The predicted octanol–water partition coefficient (Wildman–Crippen LogP) is 2.70. The molecule has 0 aromatic carbocycles. The second kappa shape index (κ2) is 6.45. The molecular weight excluding hydrogens is 252 g/mol. The standard InChI is InChI=1S/C14H22N6/c1-5-7-20-11(8-18-19-20)13-12(10(3)4)14(15-6-2)17-9-16-13/h8-10H,5-7H2,1-4H3,(H,15,16,17). The van der Waals surface area contributed by atoms with Gasteiger partial charge in [0.2, 0.25) is 0 Å². The van der Waals surface area contributed by atoms with Crippen molar-refractivity contribution in [1.82, 2.24) is 25.0 Å². The third-order valence-electron chi connectivity index (χ3n) is 3.10. The van der Waals surface area contributed by atoms with E-state index >= 15 is 0 Å². The minimum absolute atomic E-state index is 0.324. The van der Waals surface area contributed by atoms with E-state index in [-0.39, 0.29) is 0 Å². The van der Waals surface area contributed by atoms with Crippen LogP contribution in [0.1, 0.15) is 45.6 Å². The van der Waals surface area contributed by atoms with Gasteiger partial charge in [0, 0.05) is 18.7 Å². The first kappa shape index (κ1) is 14.4. The lowest BCUT2D eigenvalue weighted by Crippen LogP contribution is -2.10. The molecule has 0 radical (unpaired) electrons. The van der Waals surface area contributed by atoms with Gasteiger partial charge in [-0.1, -0.05) is 26.0 Å². The second-order valence-electron chi connectivity index (χ2n) is 5.01. The zero-order chi connectivity index (χ0) is 14.5. The highest BCUT2D eigenvalue weighted by Gasteiger charge is 2.19. The highest BCUT2D eigenvalue weighted by atomic mass is 15.4. The molecule has 0 aliphatic carbocycles. The predicted molar refractivity (Wildman–Crippen MR) is 79.6 cm³/mol. The molecule has 0 saturated carbocycles. The van der Waals surface area contributed by atoms with Crippen molar-refractivity contribution in [1.29, 1.82) is 0 Å². The van der Waals surface area contributed by atoms with E-state index in [9.17, 15) is 0 Å². The van der Waals surface area contributed by atoms with Gasteiger partial charge in [-0.05, 0) is 19.3 Å². The Kier molecular flexibility index (Phi) is 4.65. The Hall–Kier alpha value is -1.98. The molecule has 0 aliphatic heterocycles. The van der Waals surface area contributed by atoms with E-state index in [0.717, 1.165) is 42.3 Å². The van der Waals surface area contributed by atoms with Gasteiger partial charge < -0.3 is 5.32 Å². The van der Waals surface area contributed by atoms with Crippen LogP contribution in [0.4, 0.5) is 5.82 Å². The van der Waals surface area contributed by atoms with E-state index < -0.39 is 0 Å². The quantitative estimate of drug-likeness (QED) is 0.877. The van der Waals surface area contributed by atoms with E-state index in [0.29, 0.717) is 5.92 Å². The van der Waals surface area contributed by atoms with Gasteiger partial charge in [0.1, 0.15) is 17.8 Å². The highest BCUT2D eigenvalue weighted by Crippen LogP contribution is 2.31. The van der Waals surface area contributed by atoms with Crippen LogP contribution in [-0.2, 0) is 6.54 Å². The number of aryl methyl sites for hydroxylation is 1. The fourth-order valence-corrected chi connectivity index (χ4v) is 2.27. The molecule has 108 valence electrons. The average molecular weight is 274 g/mol. The van der Waals surface area contributed by atoms with Crippen molar-refractivity contribution in [3.05, 3.63) is 18.1 Å². The lowest BCUT2D eigenvalue weighted by Gasteiger charge is -2.16. The number of rotatable bonds is 6. The van der Waals surface area contributed by atoms with Crippen LogP contribution >= 0.6 is 0 Å². The Balaban J connectivity index is 2.55. The first-order valence-electron chi connectivity index (χ1n) is 7.16. The summed E-state index contributed by atoms with van der Waals surface area (Å²) in [6, 6.07) is 0. The summed E-state index contributed by atoms with van der Waals surface area (Å²) in [5.74, 6) is 1.22. The van der Waals surface area contributed by atoms with Crippen LogP contribution in [0.5, 0.6) is 0 Å². The van der Waals surface area contributed by atoms with Crippen LogP contribution in [0.3, 0.4) is 0 Å². The van der Waals surface area contributed by atoms with Crippen molar-refractivity contribution >= 4 is 5.82 Å². The molecule has 2 aromatic heterocycles. The zero-order valence-corrected chi connectivity index (χ0v) is 12.6. The lowest BCUT2D eigenvalue weighted by molar-refractivity contribution is 0.582. The number of aromatic nitrogens is 5. The Labute approximate surface area is 119 Å². The molecule has 6 nitrogen and oxygen atoms in total. The Morgan fingerprint density at radius 2 is 2.05 bits per heavy atom. The zero-order valence-electron chi connectivity index (χ0n) is 12.6. The molecule has 0 bridgehead atoms.